The van der Waals surface area contributed by atoms with Gasteiger partial charge in [0.05, 0.1) is 6.04 Å². The highest BCUT2D eigenvalue weighted by atomic mass is 19.4. The van der Waals surface area contributed by atoms with Crippen molar-refractivity contribution in [1.29, 1.82) is 0 Å². The highest BCUT2D eigenvalue weighted by Crippen LogP contribution is 2.26. The summed E-state index contributed by atoms with van der Waals surface area (Å²) in [6.45, 7) is 2.34. The Morgan fingerprint density at radius 2 is 1.79 bits per heavy atom. The van der Waals surface area contributed by atoms with Crippen LogP contribution in [0.15, 0.2) is 0 Å². The van der Waals surface area contributed by atoms with Crippen molar-refractivity contribution in [3.8, 4) is 0 Å². The Hall–Kier alpha value is -0.780. The molecule has 0 heterocycles. The molecule has 0 radical (unpaired) electrons. The van der Waals surface area contributed by atoms with Crippen LogP contribution in [0.4, 0.5) is 13.2 Å². The first-order valence-electron chi connectivity index (χ1n) is 6.90. The molecule has 1 rings (SSSR count). The Kier molecular flexibility index (Phi) is 6.10. The van der Waals surface area contributed by atoms with Gasteiger partial charge < -0.3 is 10.6 Å². The molecule has 3 nitrogen and oxygen atoms in total. The fraction of sp³-hybridized carbons (Fsp3) is 0.923. The highest BCUT2D eigenvalue weighted by molar-refractivity contribution is 5.81. The number of hydrogen-bond acceptors (Lipinski definition) is 2. The second-order valence-corrected chi connectivity index (χ2v) is 5.41. The number of halogens is 3. The molecule has 1 saturated carbocycles. The van der Waals surface area contributed by atoms with Crippen LogP contribution in [0.2, 0.25) is 0 Å². The van der Waals surface area contributed by atoms with Crippen molar-refractivity contribution in [2.45, 2.75) is 64.2 Å². The molecule has 2 atom stereocenters. The van der Waals surface area contributed by atoms with Crippen LogP contribution < -0.4 is 10.6 Å². The summed E-state index contributed by atoms with van der Waals surface area (Å²) in [6.07, 6.45) is 1.56. The summed E-state index contributed by atoms with van der Waals surface area (Å²) in [5.41, 5.74) is 0. The number of hydrogen-bond donors (Lipinski definition) is 2. The van der Waals surface area contributed by atoms with Crippen molar-refractivity contribution in [1.82, 2.24) is 10.6 Å². The molecular formula is C13H23F3N2O. The van der Waals surface area contributed by atoms with Crippen LogP contribution in [-0.4, -0.2) is 30.7 Å². The monoisotopic (exact) mass is 280 g/mol. The van der Waals surface area contributed by atoms with Crippen LogP contribution in [0.1, 0.15) is 46.0 Å². The lowest BCUT2D eigenvalue weighted by molar-refractivity contribution is -0.139. The van der Waals surface area contributed by atoms with Gasteiger partial charge in [0, 0.05) is 6.04 Å². The molecule has 1 fully saturated rings. The summed E-state index contributed by atoms with van der Waals surface area (Å²) in [4.78, 5) is 11.5. The lowest BCUT2D eigenvalue weighted by Gasteiger charge is -2.30. The molecule has 1 aliphatic rings. The van der Waals surface area contributed by atoms with Gasteiger partial charge in [0.25, 0.3) is 0 Å². The van der Waals surface area contributed by atoms with Gasteiger partial charge in [-0.05, 0) is 32.6 Å². The molecule has 1 aliphatic carbocycles. The van der Waals surface area contributed by atoms with Crippen LogP contribution in [0.3, 0.4) is 0 Å². The maximum Gasteiger partial charge on any atom is 0.405 e. The molecule has 19 heavy (non-hydrogen) atoms. The van der Waals surface area contributed by atoms with E-state index in [0.717, 1.165) is 12.8 Å². The summed E-state index contributed by atoms with van der Waals surface area (Å²) < 4.78 is 36.0. The van der Waals surface area contributed by atoms with E-state index in [1.807, 2.05) is 12.2 Å². The number of rotatable bonds is 5. The van der Waals surface area contributed by atoms with E-state index >= 15 is 0 Å². The van der Waals surface area contributed by atoms with E-state index in [4.69, 9.17) is 0 Å². The molecule has 0 aliphatic heterocycles. The van der Waals surface area contributed by atoms with Gasteiger partial charge in [-0.25, -0.2) is 0 Å². The third-order valence-corrected chi connectivity index (χ3v) is 3.73. The predicted octanol–water partition coefficient (Wildman–Crippen LogP) is 2.61. The third-order valence-electron chi connectivity index (χ3n) is 3.73. The van der Waals surface area contributed by atoms with E-state index in [0.29, 0.717) is 5.92 Å². The van der Waals surface area contributed by atoms with Crippen molar-refractivity contribution in [3.05, 3.63) is 0 Å². The predicted molar refractivity (Wildman–Crippen MR) is 67.7 cm³/mol. The smallest absolute Gasteiger partial charge is 0.346 e. The van der Waals surface area contributed by atoms with Crippen molar-refractivity contribution < 1.29 is 18.0 Å². The van der Waals surface area contributed by atoms with Crippen molar-refractivity contribution in [2.24, 2.45) is 5.92 Å². The van der Waals surface area contributed by atoms with Gasteiger partial charge in [-0.2, -0.15) is 13.2 Å². The maximum atomic E-state index is 12.0. The molecule has 6 heteroatoms. The van der Waals surface area contributed by atoms with Gasteiger partial charge in [0.1, 0.15) is 6.54 Å². The van der Waals surface area contributed by atoms with Crippen LogP contribution in [-0.2, 0) is 4.79 Å². The lowest BCUT2D eigenvalue weighted by atomic mass is 9.84. The van der Waals surface area contributed by atoms with Gasteiger partial charge in [0.2, 0.25) is 5.91 Å². The first-order chi connectivity index (χ1) is 8.79. The van der Waals surface area contributed by atoms with Gasteiger partial charge in [-0.15, -0.1) is 0 Å². The molecule has 1 unspecified atom stereocenters. The van der Waals surface area contributed by atoms with Crippen molar-refractivity contribution in [3.63, 3.8) is 0 Å². The van der Waals surface area contributed by atoms with Crippen LogP contribution >= 0.6 is 0 Å². The first kappa shape index (κ1) is 16.3. The largest absolute Gasteiger partial charge is 0.405 e. The van der Waals surface area contributed by atoms with Crippen LogP contribution in [0, 0.1) is 5.92 Å². The van der Waals surface area contributed by atoms with Gasteiger partial charge >= 0.3 is 6.18 Å². The molecule has 0 saturated heterocycles. The summed E-state index contributed by atoms with van der Waals surface area (Å²) in [6, 6.07) is -0.439. The van der Waals surface area contributed by atoms with E-state index in [9.17, 15) is 18.0 Å². The molecule has 0 bridgehead atoms. The average molecular weight is 280 g/mol. The Morgan fingerprint density at radius 1 is 1.21 bits per heavy atom. The highest BCUT2D eigenvalue weighted by Gasteiger charge is 2.29. The molecule has 2 N–H and O–H groups in total. The quantitative estimate of drug-likeness (QED) is 0.813. The third kappa shape index (κ3) is 6.27. The SMILES string of the molecule is CC(N[C@@H](C)C1CCCCC1)C(=O)NCC(F)(F)F. The number of amides is 1. The Bertz CT molecular complexity index is 288. The Labute approximate surface area is 112 Å². The second-order valence-electron chi connectivity index (χ2n) is 5.41. The minimum Gasteiger partial charge on any atom is -0.346 e. The van der Waals surface area contributed by atoms with Gasteiger partial charge in [-0.1, -0.05) is 19.3 Å². The number of alkyl halides is 3. The van der Waals surface area contributed by atoms with Crippen molar-refractivity contribution in [2.75, 3.05) is 6.54 Å². The molecule has 0 spiro atoms. The standard InChI is InChI=1S/C13H23F3N2O/c1-9(11-6-4-3-5-7-11)18-10(2)12(19)17-8-13(14,15)16/h9-11,18H,3-8H2,1-2H3,(H,17,19)/t9-,10?/m0/s1. The zero-order valence-electron chi connectivity index (χ0n) is 11.5. The molecular weight excluding hydrogens is 257 g/mol. The Morgan fingerprint density at radius 3 is 2.32 bits per heavy atom. The number of nitrogens with one attached hydrogen (secondary N) is 2. The zero-order valence-corrected chi connectivity index (χ0v) is 11.5. The van der Waals surface area contributed by atoms with Crippen LogP contribution in [0.25, 0.3) is 0 Å². The lowest BCUT2D eigenvalue weighted by Crippen LogP contribution is -2.49. The summed E-state index contributed by atoms with van der Waals surface area (Å²) >= 11 is 0. The fourth-order valence-electron chi connectivity index (χ4n) is 2.58. The van der Waals surface area contributed by atoms with E-state index in [-0.39, 0.29) is 6.04 Å². The van der Waals surface area contributed by atoms with E-state index in [1.165, 1.54) is 19.3 Å². The van der Waals surface area contributed by atoms with Gasteiger partial charge in [0.15, 0.2) is 0 Å². The second kappa shape index (κ2) is 7.12. The van der Waals surface area contributed by atoms with Crippen molar-refractivity contribution >= 4 is 5.91 Å². The molecule has 1 amide bonds. The van der Waals surface area contributed by atoms with Gasteiger partial charge in [-0.3, -0.25) is 4.79 Å². The fourth-order valence-corrected chi connectivity index (χ4v) is 2.58. The molecule has 0 aromatic carbocycles. The van der Waals surface area contributed by atoms with Crippen LogP contribution in [0.5, 0.6) is 0 Å². The van der Waals surface area contributed by atoms with E-state index in [1.54, 1.807) is 6.92 Å². The molecule has 0 aromatic rings. The zero-order chi connectivity index (χ0) is 14.5. The summed E-state index contributed by atoms with van der Waals surface area (Å²) in [7, 11) is 0. The summed E-state index contributed by atoms with van der Waals surface area (Å²) in [5, 5.41) is 5.01. The minimum atomic E-state index is -4.36. The number of carbonyl (C=O) groups is 1. The topological polar surface area (TPSA) is 41.1 Å². The van der Waals surface area contributed by atoms with E-state index < -0.39 is 24.7 Å². The minimum absolute atomic E-state index is 0.159. The van der Waals surface area contributed by atoms with E-state index in [2.05, 4.69) is 5.32 Å². The number of carbonyl (C=O) groups excluding carboxylic acids is 1. The first-order valence-corrected chi connectivity index (χ1v) is 6.90. The normalized spacial score (nSPS) is 20.9. The summed E-state index contributed by atoms with van der Waals surface area (Å²) in [5.74, 6) is -0.0772. The average Bonchev–Trinajstić information content (AvgIpc) is 2.36. The maximum absolute atomic E-state index is 12.0. The Balaban J connectivity index is 2.32. The molecule has 0 aromatic heterocycles. The molecule has 112 valence electrons.